The first-order valence-electron chi connectivity index (χ1n) is 5.86. The Labute approximate surface area is 102 Å². The molecule has 1 atom stereocenters. The smallest absolute Gasteiger partial charge is 0.228 e. The van der Waals surface area contributed by atoms with Crippen LogP contribution in [-0.4, -0.2) is 19.6 Å². The average Bonchev–Trinajstić information content (AvgIpc) is 2.36. The lowest BCUT2D eigenvalue weighted by Crippen LogP contribution is -2.29. The predicted octanol–water partition coefficient (Wildman–Crippen LogP) is 2.01. The van der Waals surface area contributed by atoms with Crippen molar-refractivity contribution >= 4 is 11.6 Å². The van der Waals surface area contributed by atoms with Crippen LogP contribution in [-0.2, 0) is 4.79 Å². The number of methoxy groups -OCH3 is 1. The summed E-state index contributed by atoms with van der Waals surface area (Å²) in [5, 5.41) is 2.85. The van der Waals surface area contributed by atoms with E-state index in [1.54, 1.807) is 13.2 Å². The van der Waals surface area contributed by atoms with E-state index in [0.717, 1.165) is 24.3 Å². The standard InChI is InChI=1S/C13H20N2O2/c1-3-5-10(9-14)13(16)15-11-6-4-7-12(8-11)17-2/h4,6-8,10H,3,5,9,14H2,1-2H3,(H,15,16). The minimum atomic E-state index is -0.119. The number of benzene rings is 1. The molecule has 0 saturated heterocycles. The van der Waals surface area contributed by atoms with Gasteiger partial charge < -0.3 is 15.8 Å². The monoisotopic (exact) mass is 236 g/mol. The van der Waals surface area contributed by atoms with Crippen LogP contribution < -0.4 is 15.8 Å². The molecule has 1 amide bonds. The third-order valence-corrected chi connectivity index (χ3v) is 2.63. The van der Waals surface area contributed by atoms with Crippen molar-refractivity contribution in [2.24, 2.45) is 11.7 Å². The topological polar surface area (TPSA) is 64.4 Å². The first-order valence-corrected chi connectivity index (χ1v) is 5.86. The molecule has 0 heterocycles. The Balaban J connectivity index is 2.65. The Morgan fingerprint density at radius 1 is 1.53 bits per heavy atom. The van der Waals surface area contributed by atoms with Crippen molar-refractivity contribution in [3.05, 3.63) is 24.3 Å². The number of nitrogens with one attached hydrogen (secondary N) is 1. The Morgan fingerprint density at radius 3 is 2.88 bits per heavy atom. The van der Waals surface area contributed by atoms with Gasteiger partial charge in [0.05, 0.1) is 13.0 Å². The zero-order valence-corrected chi connectivity index (χ0v) is 10.4. The van der Waals surface area contributed by atoms with Gasteiger partial charge in [-0.2, -0.15) is 0 Å². The van der Waals surface area contributed by atoms with Gasteiger partial charge in [-0.15, -0.1) is 0 Å². The van der Waals surface area contributed by atoms with Crippen molar-refractivity contribution in [1.82, 2.24) is 0 Å². The molecular formula is C13H20N2O2. The molecule has 0 saturated carbocycles. The highest BCUT2D eigenvalue weighted by molar-refractivity contribution is 5.92. The molecule has 1 unspecified atom stereocenters. The maximum Gasteiger partial charge on any atom is 0.228 e. The molecule has 0 aliphatic rings. The first kappa shape index (κ1) is 13.5. The third kappa shape index (κ3) is 4.07. The summed E-state index contributed by atoms with van der Waals surface area (Å²) in [7, 11) is 1.60. The highest BCUT2D eigenvalue weighted by atomic mass is 16.5. The minimum Gasteiger partial charge on any atom is -0.497 e. The van der Waals surface area contributed by atoms with Crippen LogP contribution in [0.15, 0.2) is 24.3 Å². The normalized spacial score (nSPS) is 11.9. The molecule has 1 aromatic rings. The fourth-order valence-electron chi connectivity index (χ4n) is 1.65. The van der Waals surface area contributed by atoms with Crippen molar-refractivity contribution in [1.29, 1.82) is 0 Å². The Hall–Kier alpha value is -1.55. The van der Waals surface area contributed by atoms with Crippen LogP contribution >= 0.6 is 0 Å². The van der Waals surface area contributed by atoms with Crippen LogP contribution in [0.4, 0.5) is 5.69 Å². The molecular weight excluding hydrogens is 216 g/mol. The van der Waals surface area contributed by atoms with E-state index in [1.165, 1.54) is 0 Å². The van der Waals surface area contributed by atoms with E-state index in [9.17, 15) is 4.79 Å². The number of rotatable bonds is 6. The molecule has 0 aliphatic carbocycles. The van der Waals surface area contributed by atoms with Gasteiger partial charge in [-0.25, -0.2) is 0 Å². The van der Waals surface area contributed by atoms with Gasteiger partial charge in [-0.05, 0) is 18.6 Å². The molecule has 0 aromatic heterocycles. The van der Waals surface area contributed by atoms with Crippen LogP contribution in [0, 0.1) is 5.92 Å². The number of nitrogens with two attached hydrogens (primary N) is 1. The van der Waals surface area contributed by atoms with Gasteiger partial charge in [0, 0.05) is 18.3 Å². The molecule has 0 fully saturated rings. The second-order valence-corrected chi connectivity index (χ2v) is 3.94. The number of anilines is 1. The van der Waals surface area contributed by atoms with Gasteiger partial charge in [0.25, 0.3) is 0 Å². The highest BCUT2D eigenvalue weighted by Gasteiger charge is 2.15. The largest absolute Gasteiger partial charge is 0.497 e. The zero-order chi connectivity index (χ0) is 12.7. The Morgan fingerprint density at radius 2 is 2.29 bits per heavy atom. The minimum absolute atomic E-state index is 0.0254. The van der Waals surface area contributed by atoms with Crippen LogP contribution in [0.5, 0.6) is 5.75 Å². The summed E-state index contributed by atoms with van der Waals surface area (Å²) in [5.41, 5.74) is 6.32. The molecule has 4 heteroatoms. The third-order valence-electron chi connectivity index (χ3n) is 2.63. The van der Waals surface area contributed by atoms with E-state index in [-0.39, 0.29) is 11.8 Å². The highest BCUT2D eigenvalue weighted by Crippen LogP contribution is 2.18. The number of hydrogen-bond acceptors (Lipinski definition) is 3. The van der Waals surface area contributed by atoms with Crippen molar-refractivity contribution in [2.45, 2.75) is 19.8 Å². The molecule has 1 rings (SSSR count). The van der Waals surface area contributed by atoms with Crippen molar-refractivity contribution in [3.8, 4) is 5.75 Å². The van der Waals surface area contributed by atoms with E-state index in [4.69, 9.17) is 10.5 Å². The van der Waals surface area contributed by atoms with E-state index in [0.29, 0.717) is 6.54 Å². The molecule has 0 bridgehead atoms. The average molecular weight is 236 g/mol. The fraction of sp³-hybridized carbons (Fsp3) is 0.462. The number of carbonyl (C=O) groups is 1. The molecule has 4 nitrogen and oxygen atoms in total. The van der Waals surface area contributed by atoms with Crippen molar-refractivity contribution in [2.75, 3.05) is 19.0 Å². The number of amides is 1. The lowest BCUT2D eigenvalue weighted by Gasteiger charge is -2.14. The Bertz CT molecular complexity index is 366. The van der Waals surface area contributed by atoms with Crippen LogP contribution in [0.25, 0.3) is 0 Å². The molecule has 17 heavy (non-hydrogen) atoms. The second kappa shape index (κ2) is 6.91. The number of hydrogen-bond donors (Lipinski definition) is 2. The molecule has 0 spiro atoms. The van der Waals surface area contributed by atoms with Gasteiger partial charge in [0.2, 0.25) is 5.91 Å². The van der Waals surface area contributed by atoms with Gasteiger partial charge in [0.15, 0.2) is 0 Å². The number of carbonyl (C=O) groups excluding carboxylic acids is 1. The predicted molar refractivity (Wildman–Crippen MR) is 69.1 cm³/mol. The maximum absolute atomic E-state index is 11.9. The summed E-state index contributed by atoms with van der Waals surface area (Å²) >= 11 is 0. The zero-order valence-electron chi connectivity index (χ0n) is 10.4. The molecule has 1 aromatic carbocycles. The van der Waals surface area contributed by atoms with Gasteiger partial charge in [-0.1, -0.05) is 19.4 Å². The van der Waals surface area contributed by atoms with Gasteiger partial charge in [-0.3, -0.25) is 4.79 Å². The summed E-state index contributed by atoms with van der Waals surface area (Å²) in [5.74, 6) is 0.580. The van der Waals surface area contributed by atoms with E-state index < -0.39 is 0 Å². The summed E-state index contributed by atoms with van der Waals surface area (Å²) in [6, 6.07) is 7.30. The van der Waals surface area contributed by atoms with Crippen LogP contribution in [0.2, 0.25) is 0 Å². The first-order chi connectivity index (χ1) is 8.21. The van der Waals surface area contributed by atoms with E-state index in [1.807, 2.05) is 25.1 Å². The lowest BCUT2D eigenvalue weighted by atomic mass is 10.0. The van der Waals surface area contributed by atoms with Gasteiger partial charge >= 0.3 is 0 Å². The summed E-state index contributed by atoms with van der Waals surface area (Å²) in [4.78, 5) is 11.9. The number of ether oxygens (including phenoxy) is 1. The second-order valence-electron chi connectivity index (χ2n) is 3.94. The van der Waals surface area contributed by atoms with E-state index >= 15 is 0 Å². The van der Waals surface area contributed by atoms with Crippen LogP contribution in [0.3, 0.4) is 0 Å². The molecule has 94 valence electrons. The lowest BCUT2D eigenvalue weighted by molar-refractivity contribution is -0.119. The summed E-state index contributed by atoms with van der Waals surface area (Å²) < 4.78 is 5.09. The van der Waals surface area contributed by atoms with Crippen molar-refractivity contribution in [3.63, 3.8) is 0 Å². The van der Waals surface area contributed by atoms with E-state index in [2.05, 4.69) is 5.32 Å². The maximum atomic E-state index is 11.9. The Kier molecular flexibility index (Phi) is 5.49. The molecule has 0 aliphatic heterocycles. The fourth-order valence-corrected chi connectivity index (χ4v) is 1.65. The molecule has 0 radical (unpaired) electrons. The quantitative estimate of drug-likeness (QED) is 0.794. The van der Waals surface area contributed by atoms with Crippen molar-refractivity contribution < 1.29 is 9.53 Å². The summed E-state index contributed by atoms with van der Waals surface area (Å²) in [6.45, 7) is 2.42. The summed E-state index contributed by atoms with van der Waals surface area (Å²) in [6.07, 6.45) is 1.76. The SMILES string of the molecule is CCCC(CN)C(=O)Nc1cccc(OC)c1. The van der Waals surface area contributed by atoms with Gasteiger partial charge in [0.1, 0.15) is 5.75 Å². The molecule has 3 N–H and O–H groups in total. The van der Waals surface area contributed by atoms with Crippen LogP contribution in [0.1, 0.15) is 19.8 Å².